The number of nitrogens with zero attached hydrogens (tertiary/aromatic N) is 1. The average molecular weight is 539 g/mol. The zero-order chi connectivity index (χ0) is 24.4. The summed E-state index contributed by atoms with van der Waals surface area (Å²) < 4.78 is 11.7. The fraction of sp³-hybridized carbons (Fsp3) is 0.120. The molecule has 1 saturated heterocycles. The van der Waals surface area contributed by atoms with E-state index in [-0.39, 0.29) is 10.7 Å². The van der Waals surface area contributed by atoms with E-state index in [0.717, 1.165) is 15.6 Å². The van der Waals surface area contributed by atoms with Gasteiger partial charge in [-0.15, -0.1) is 0 Å². The number of aryl methyl sites for hydroxylation is 1. The Morgan fingerprint density at radius 1 is 1.15 bits per heavy atom. The number of amides is 2. The number of esters is 1. The third-order valence-corrected chi connectivity index (χ3v) is 5.87. The molecule has 0 spiro atoms. The number of rotatable bonds is 5. The highest BCUT2D eigenvalue weighted by molar-refractivity contribution is 9.10. The van der Waals surface area contributed by atoms with E-state index in [1.807, 2.05) is 13.0 Å². The lowest BCUT2D eigenvalue weighted by molar-refractivity contribution is -0.122. The van der Waals surface area contributed by atoms with Crippen LogP contribution in [0.25, 0.3) is 17.4 Å². The smallest absolute Gasteiger partial charge is 0.338 e. The summed E-state index contributed by atoms with van der Waals surface area (Å²) in [4.78, 5) is 38.9. The molecule has 1 N–H and O–H groups in total. The number of hydrogen-bond donors (Lipinski definition) is 1. The summed E-state index contributed by atoms with van der Waals surface area (Å²) in [6.45, 7) is 3.89. The number of furan rings is 1. The van der Waals surface area contributed by atoms with Crippen molar-refractivity contribution in [2.75, 3.05) is 11.5 Å². The van der Waals surface area contributed by atoms with Gasteiger partial charge in [-0.3, -0.25) is 19.8 Å². The van der Waals surface area contributed by atoms with Crippen molar-refractivity contribution < 1.29 is 23.5 Å². The minimum Gasteiger partial charge on any atom is -0.462 e. The van der Waals surface area contributed by atoms with Crippen molar-refractivity contribution in [1.82, 2.24) is 5.32 Å². The van der Waals surface area contributed by atoms with Crippen LogP contribution in [0, 0.1) is 6.92 Å². The number of carbonyl (C=O) groups excluding carboxylic acids is 3. The van der Waals surface area contributed by atoms with Crippen LogP contribution in [0.1, 0.15) is 28.6 Å². The molecule has 172 valence electrons. The van der Waals surface area contributed by atoms with Gasteiger partial charge >= 0.3 is 5.97 Å². The molecule has 1 aromatic heterocycles. The number of thiocarbonyl (C=S) groups is 1. The monoisotopic (exact) mass is 538 g/mol. The largest absolute Gasteiger partial charge is 0.462 e. The van der Waals surface area contributed by atoms with Crippen LogP contribution in [0.2, 0.25) is 0 Å². The molecule has 0 atom stereocenters. The van der Waals surface area contributed by atoms with E-state index in [4.69, 9.17) is 21.4 Å². The molecule has 0 radical (unpaired) electrons. The Hall–Kier alpha value is -3.56. The van der Waals surface area contributed by atoms with E-state index in [2.05, 4.69) is 21.2 Å². The molecule has 3 aromatic rings. The molecule has 2 heterocycles. The van der Waals surface area contributed by atoms with Gasteiger partial charge in [-0.1, -0.05) is 28.1 Å². The highest BCUT2D eigenvalue weighted by Gasteiger charge is 2.35. The number of ether oxygens (including phenoxy) is 1. The van der Waals surface area contributed by atoms with Gasteiger partial charge in [0.25, 0.3) is 11.8 Å². The van der Waals surface area contributed by atoms with Gasteiger partial charge in [-0.05, 0) is 80.2 Å². The van der Waals surface area contributed by atoms with E-state index in [9.17, 15) is 14.4 Å². The molecule has 1 fully saturated rings. The first kappa shape index (κ1) is 23.6. The maximum atomic E-state index is 13.2. The Balaban J connectivity index is 1.61. The fourth-order valence-electron chi connectivity index (χ4n) is 3.46. The van der Waals surface area contributed by atoms with Crippen LogP contribution in [0.15, 0.2) is 69.1 Å². The van der Waals surface area contributed by atoms with Gasteiger partial charge < -0.3 is 9.15 Å². The Bertz CT molecular complexity index is 1340. The normalized spacial score (nSPS) is 15.0. The van der Waals surface area contributed by atoms with Crippen molar-refractivity contribution in [3.05, 3.63) is 81.5 Å². The quantitative estimate of drug-likeness (QED) is 0.212. The summed E-state index contributed by atoms with van der Waals surface area (Å²) in [7, 11) is 0. The molecule has 34 heavy (non-hydrogen) atoms. The first-order valence-electron chi connectivity index (χ1n) is 10.3. The molecular weight excluding hydrogens is 520 g/mol. The van der Waals surface area contributed by atoms with Crippen molar-refractivity contribution in [2.24, 2.45) is 0 Å². The Morgan fingerprint density at radius 2 is 1.88 bits per heavy atom. The van der Waals surface area contributed by atoms with Gasteiger partial charge in [0.15, 0.2) is 5.11 Å². The van der Waals surface area contributed by atoms with E-state index in [1.165, 1.54) is 11.0 Å². The standard InChI is InChI=1S/C25H19BrN2O5S/c1-3-32-24(31)16-6-4-15(5-7-16)21-11-9-18(33-21)13-19-22(29)27-25(34)28(23(19)30)20-10-8-17(26)12-14(20)2/h4-13H,3H2,1-2H3,(H,27,29,34)/b19-13+. The van der Waals surface area contributed by atoms with Crippen LogP contribution in [0.3, 0.4) is 0 Å². The fourth-order valence-corrected chi connectivity index (χ4v) is 4.21. The lowest BCUT2D eigenvalue weighted by atomic mass is 10.1. The van der Waals surface area contributed by atoms with Crippen molar-refractivity contribution in [3.8, 4) is 11.3 Å². The zero-order valence-corrected chi connectivity index (χ0v) is 20.7. The number of benzene rings is 2. The van der Waals surface area contributed by atoms with Crippen LogP contribution in [0.5, 0.6) is 0 Å². The lowest BCUT2D eigenvalue weighted by Gasteiger charge is -2.29. The van der Waals surface area contributed by atoms with Crippen LogP contribution < -0.4 is 10.2 Å². The van der Waals surface area contributed by atoms with Crippen molar-refractivity contribution in [1.29, 1.82) is 0 Å². The molecule has 0 unspecified atom stereocenters. The summed E-state index contributed by atoms with van der Waals surface area (Å²) in [5.74, 6) is -0.705. The summed E-state index contributed by atoms with van der Waals surface area (Å²) >= 11 is 8.67. The second kappa shape index (κ2) is 9.74. The van der Waals surface area contributed by atoms with Gasteiger partial charge in [0.05, 0.1) is 17.9 Å². The Labute approximate surface area is 209 Å². The molecule has 0 bridgehead atoms. The predicted octanol–water partition coefficient (Wildman–Crippen LogP) is 5.03. The number of nitrogens with one attached hydrogen (secondary N) is 1. The summed E-state index contributed by atoms with van der Waals surface area (Å²) in [5.41, 5.74) is 2.45. The third-order valence-electron chi connectivity index (χ3n) is 5.10. The maximum Gasteiger partial charge on any atom is 0.338 e. The molecule has 7 nitrogen and oxygen atoms in total. The summed E-state index contributed by atoms with van der Waals surface area (Å²) in [6, 6.07) is 15.5. The third kappa shape index (κ3) is 4.71. The molecular formula is C25H19BrN2O5S. The predicted molar refractivity (Wildman–Crippen MR) is 135 cm³/mol. The van der Waals surface area contributed by atoms with E-state index in [1.54, 1.807) is 55.5 Å². The Morgan fingerprint density at radius 3 is 2.56 bits per heavy atom. The molecule has 1 aliphatic heterocycles. The molecule has 1 aliphatic rings. The lowest BCUT2D eigenvalue weighted by Crippen LogP contribution is -2.54. The zero-order valence-electron chi connectivity index (χ0n) is 18.3. The number of carbonyl (C=O) groups is 3. The van der Waals surface area contributed by atoms with Crippen LogP contribution in [-0.2, 0) is 14.3 Å². The van der Waals surface area contributed by atoms with Gasteiger partial charge in [0.1, 0.15) is 17.1 Å². The first-order chi connectivity index (χ1) is 16.3. The van der Waals surface area contributed by atoms with E-state index < -0.39 is 17.8 Å². The highest BCUT2D eigenvalue weighted by Crippen LogP contribution is 2.29. The van der Waals surface area contributed by atoms with E-state index in [0.29, 0.717) is 29.4 Å². The minimum absolute atomic E-state index is 0.0133. The molecule has 2 aromatic carbocycles. The number of halogens is 1. The van der Waals surface area contributed by atoms with Crippen LogP contribution in [0.4, 0.5) is 5.69 Å². The van der Waals surface area contributed by atoms with Crippen molar-refractivity contribution in [2.45, 2.75) is 13.8 Å². The number of hydrogen-bond acceptors (Lipinski definition) is 6. The van der Waals surface area contributed by atoms with Gasteiger partial charge in [-0.2, -0.15) is 0 Å². The SMILES string of the molecule is CCOC(=O)c1ccc(-c2ccc(/C=C3\C(=O)NC(=S)N(c4ccc(Br)cc4C)C3=O)o2)cc1. The summed E-state index contributed by atoms with van der Waals surface area (Å²) in [6.07, 6.45) is 1.39. The molecule has 2 amide bonds. The van der Waals surface area contributed by atoms with E-state index >= 15 is 0 Å². The highest BCUT2D eigenvalue weighted by atomic mass is 79.9. The second-order valence-corrected chi connectivity index (χ2v) is 8.69. The van der Waals surface area contributed by atoms with Crippen molar-refractivity contribution in [3.63, 3.8) is 0 Å². The molecule has 0 saturated carbocycles. The van der Waals surface area contributed by atoms with Crippen LogP contribution in [-0.4, -0.2) is 29.5 Å². The molecule has 9 heteroatoms. The summed E-state index contributed by atoms with van der Waals surface area (Å²) in [5, 5.41) is 2.58. The van der Waals surface area contributed by atoms with Gasteiger partial charge in [0, 0.05) is 10.0 Å². The van der Waals surface area contributed by atoms with Crippen LogP contribution >= 0.6 is 28.1 Å². The number of anilines is 1. The molecule has 0 aliphatic carbocycles. The van der Waals surface area contributed by atoms with Crippen molar-refractivity contribution >= 4 is 62.8 Å². The Kier molecular flexibility index (Phi) is 6.76. The topological polar surface area (TPSA) is 88.9 Å². The first-order valence-corrected chi connectivity index (χ1v) is 11.5. The minimum atomic E-state index is -0.599. The maximum absolute atomic E-state index is 13.2. The van der Waals surface area contributed by atoms with Gasteiger partial charge in [0.2, 0.25) is 0 Å². The van der Waals surface area contributed by atoms with Gasteiger partial charge in [-0.25, -0.2) is 4.79 Å². The molecule has 4 rings (SSSR count). The second-order valence-electron chi connectivity index (χ2n) is 7.39. The average Bonchev–Trinajstić information content (AvgIpc) is 3.27.